The van der Waals surface area contributed by atoms with Gasteiger partial charge in [0.05, 0.1) is 0 Å². The van der Waals surface area contributed by atoms with Crippen LogP contribution in [0.2, 0.25) is 0 Å². The lowest BCUT2D eigenvalue weighted by molar-refractivity contribution is 0.631. The first-order chi connectivity index (χ1) is 6.15. The molecule has 1 heterocycles. The van der Waals surface area contributed by atoms with Crippen molar-refractivity contribution in [2.45, 2.75) is 32.7 Å². The summed E-state index contributed by atoms with van der Waals surface area (Å²) >= 11 is 0. The third-order valence-electron chi connectivity index (χ3n) is 2.08. The van der Waals surface area contributed by atoms with Crippen molar-refractivity contribution in [3.63, 3.8) is 0 Å². The molecule has 0 aromatic carbocycles. The molecule has 0 spiro atoms. The van der Waals surface area contributed by atoms with Gasteiger partial charge in [0.1, 0.15) is 0 Å². The molecule has 0 radical (unpaired) electrons. The Balaban J connectivity index is 2.99. The van der Waals surface area contributed by atoms with E-state index in [2.05, 4.69) is 11.9 Å². The summed E-state index contributed by atoms with van der Waals surface area (Å²) in [5.74, 6) is 0. The summed E-state index contributed by atoms with van der Waals surface area (Å²) in [7, 11) is 0. The molecule has 3 nitrogen and oxygen atoms in total. The van der Waals surface area contributed by atoms with Crippen LogP contribution in [0.5, 0.6) is 0 Å². The number of nitrogens with one attached hydrogen (secondary N) is 1. The zero-order chi connectivity index (χ0) is 9.84. The van der Waals surface area contributed by atoms with E-state index in [4.69, 9.17) is 5.73 Å². The number of hydrogen-bond acceptors (Lipinski definition) is 2. The molecule has 0 amide bonds. The Bertz CT molecular complexity index is 330. The molecule has 1 aromatic rings. The van der Waals surface area contributed by atoms with E-state index >= 15 is 0 Å². The summed E-state index contributed by atoms with van der Waals surface area (Å²) in [6.45, 7) is 4.00. The minimum absolute atomic E-state index is 0.0634. The SMILES string of the molecule is CCC[C@@H](N)c1cc(C)c[nH]c1=O. The van der Waals surface area contributed by atoms with Gasteiger partial charge in [0.2, 0.25) is 0 Å². The van der Waals surface area contributed by atoms with Crippen LogP contribution < -0.4 is 11.3 Å². The average molecular weight is 180 g/mol. The highest BCUT2D eigenvalue weighted by Crippen LogP contribution is 2.11. The van der Waals surface area contributed by atoms with E-state index in [1.165, 1.54) is 0 Å². The smallest absolute Gasteiger partial charge is 0.252 e. The predicted octanol–water partition coefficient (Wildman–Crippen LogP) is 1.48. The molecule has 0 saturated carbocycles. The van der Waals surface area contributed by atoms with Gasteiger partial charge < -0.3 is 10.7 Å². The number of nitrogens with two attached hydrogens (primary N) is 1. The first-order valence-corrected chi connectivity index (χ1v) is 4.60. The molecule has 1 aromatic heterocycles. The highest BCUT2D eigenvalue weighted by Gasteiger charge is 2.08. The van der Waals surface area contributed by atoms with Gasteiger partial charge in [-0.15, -0.1) is 0 Å². The lowest BCUT2D eigenvalue weighted by Gasteiger charge is -2.09. The van der Waals surface area contributed by atoms with Crippen LogP contribution in [0.15, 0.2) is 17.1 Å². The summed E-state index contributed by atoms with van der Waals surface area (Å²) in [5, 5.41) is 0. The van der Waals surface area contributed by atoms with E-state index in [1.807, 2.05) is 13.0 Å². The minimum Gasteiger partial charge on any atom is -0.329 e. The van der Waals surface area contributed by atoms with E-state index in [0.29, 0.717) is 5.56 Å². The standard InChI is InChI=1S/C10H16N2O/c1-3-4-9(11)8-5-7(2)6-12-10(8)13/h5-6,9H,3-4,11H2,1-2H3,(H,12,13)/t9-/m1/s1. The third kappa shape index (κ3) is 2.42. The van der Waals surface area contributed by atoms with E-state index in [9.17, 15) is 4.79 Å². The quantitative estimate of drug-likeness (QED) is 0.740. The number of pyridine rings is 1. The predicted molar refractivity (Wildman–Crippen MR) is 53.6 cm³/mol. The fraction of sp³-hybridized carbons (Fsp3) is 0.500. The first-order valence-electron chi connectivity index (χ1n) is 4.60. The molecular weight excluding hydrogens is 164 g/mol. The van der Waals surface area contributed by atoms with E-state index in [1.54, 1.807) is 6.20 Å². The second-order valence-corrected chi connectivity index (χ2v) is 3.36. The molecule has 3 heteroatoms. The number of rotatable bonds is 3. The molecule has 0 bridgehead atoms. The lowest BCUT2D eigenvalue weighted by atomic mass is 10.0. The Morgan fingerprint density at radius 1 is 1.62 bits per heavy atom. The van der Waals surface area contributed by atoms with Gasteiger partial charge in [-0.2, -0.15) is 0 Å². The van der Waals surface area contributed by atoms with Crippen molar-refractivity contribution in [2.75, 3.05) is 0 Å². The molecule has 0 aliphatic rings. The van der Waals surface area contributed by atoms with Crippen LogP contribution in [0, 0.1) is 6.92 Å². The van der Waals surface area contributed by atoms with Crippen molar-refractivity contribution < 1.29 is 0 Å². The van der Waals surface area contributed by atoms with E-state index in [-0.39, 0.29) is 11.6 Å². The Labute approximate surface area is 78.0 Å². The van der Waals surface area contributed by atoms with Crippen molar-refractivity contribution in [1.82, 2.24) is 4.98 Å². The molecule has 3 N–H and O–H groups in total. The van der Waals surface area contributed by atoms with Gasteiger partial charge in [0.25, 0.3) is 5.56 Å². The van der Waals surface area contributed by atoms with Gasteiger partial charge in [-0.3, -0.25) is 4.79 Å². The van der Waals surface area contributed by atoms with Crippen molar-refractivity contribution in [3.05, 3.63) is 33.7 Å². The van der Waals surface area contributed by atoms with Crippen molar-refractivity contribution in [2.24, 2.45) is 5.73 Å². The fourth-order valence-electron chi connectivity index (χ4n) is 1.36. The summed E-state index contributed by atoms with van der Waals surface area (Å²) in [6, 6.07) is 1.73. The average Bonchev–Trinajstić information content (AvgIpc) is 2.09. The summed E-state index contributed by atoms with van der Waals surface area (Å²) in [5.41, 5.74) is 7.53. The van der Waals surface area contributed by atoms with Crippen LogP contribution in [0.25, 0.3) is 0 Å². The van der Waals surface area contributed by atoms with Gasteiger partial charge in [-0.25, -0.2) is 0 Å². The van der Waals surface area contributed by atoms with Crippen LogP contribution in [-0.4, -0.2) is 4.98 Å². The van der Waals surface area contributed by atoms with Gasteiger partial charge in [-0.05, 0) is 25.0 Å². The Morgan fingerprint density at radius 2 is 2.31 bits per heavy atom. The first kappa shape index (κ1) is 9.99. The van der Waals surface area contributed by atoms with Gasteiger partial charge in [0.15, 0.2) is 0 Å². The lowest BCUT2D eigenvalue weighted by Crippen LogP contribution is -2.21. The van der Waals surface area contributed by atoms with Crippen LogP contribution in [0.1, 0.15) is 36.9 Å². The minimum atomic E-state index is -0.131. The summed E-state index contributed by atoms with van der Waals surface area (Å²) < 4.78 is 0. The monoisotopic (exact) mass is 180 g/mol. The number of aromatic amines is 1. The van der Waals surface area contributed by atoms with Crippen molar-refractivity contribution in [3.8, 4) is 0 Å². The zero-order valence-corrected chi connectivity index (χ0v) is 8.13. The van der Waals surface area contributed by atoms with Gasteiger partial charge >= 0.3 is 0 Å². The molecule has 72 valence electrons. The summed E-state index contributed by atoms with van der Waals surface area (Å²) in [4.78, 5) is 14.0. The Kier molecular flexibility index (Phi) is 3.25. The number of aromatic nitrogens is 1. The maximum Gasteiger partial charge on any atom is 0.252 e. The summed E-state index contributed by atoms with van der Waals surface area (Å²) in [6.07, 6.45) is 3.55. The van der Waals surface area contributed by atoms with Crippen LogP contribution >= 0.6 is 0 Å². The highest BCUT2D eigenvalue weighted by atomic mass is 16.1. The third-order valence-corrected chi connectivity index (χ3v) is 2.08. The second kappa shape index (κ2) is 4.23. The maximum atomic E-state index is 11.4. The number of hydrogen-bond donors (Lipinski definition) is 2. The van der Waals surface area contributed by atoms with Gasteiger partial charge in [0, 0.05) is 17.8 Å². The van der Waals surface area contributed by atoms with E-state index < -0.39 is 0 Å². The molecule has 0 unspecified atom stereocenters. The highest BCUT2D eigenvalue weighted by molar-refractivity contribution is 5.19. The normalized spacial score (nSPS) is 12.8. The van der Waals surface area contributed by atoms with Crippen LogP contribution in [0.4, 0.5) is 0 Å². The molecular formula is C10H16N2O. The molecule has 13 heavy (non-hydrogen) atoms. The van der Waals surface area contributed by atoms with Crippen molar-refractivity contribution >= 4 is 0 Å². The van der Waals surface area contributed by atoms with E-state index in [0.717, 1.165) is 18.4 Å². The molecule has 1 rings (SSSR count). The van der Waals surface area contributed by atoms with Gasteiger partial charge in [-0.1, -0.05) is 13.3 Å². The fourth-order valence-corrected chi connectivity index (χ4v) is 1.36. The molecule has 0 fully saturated rings. The Morgan fingerprint density at radius 3 is 2.92 bits per heavy atom. The molecule has 1 atom stereocenters. The number of aryl methyl sites for hydroxylation is 1. The van der Waals surface area contributed by atoms with Crippen LogP contribution in [0.3, 0.4) is 0 Å². The maximum absolute atomic E-state index is 11.4. The van der Waals surface area contributed by atoms with Crippen LogP contribution in [-0.2, 0) is 0 Å². The molecule has 0 aliphatic carbocycles. The Hall–Kier alpha value is -1.09. The van der Waals surface area contributed by atoms with Crippen molar-refractivity contribution in [1.29, 1.82) is 0 Å². The second-order valence-electron chi connectivity index (χ2n) is 3.36. The zero-order valence-electron chi connectivity index (χ0n) is 8.13. The number of H-pyrrole nitrogens is 1. The molecule has 0 aliphatic heterocycles. The largest absolute Gasteiger partial charge is 0.329 e. The topological polar surface area (TPSA) is 58.9 Å². The molecule has 0 saturated heterocycles.